The van der Waals surface area contributed by atoms with Gasteiger partial charge < -0.3 is 9.88 Å². The summed E-state index contributed by atoms with van der Waals surface area (Å²) in [4.78, 5) is 5.89. The van der Waals surface area contributed by atoms with Crippen LogP contribution >= 0.6 is 11.3 Å². The molecule has 0 fully saturated rings. The minimum atomic E-state index is 0.143. The fraction of sp³-hybridized carbons (Fsp3) is 0.722. The van der Waals surface area contributed by atoms with Gasteiger partial charge in [-0.2, -0.15) is 0 Å². The minimum absolute atomic E-state index is 0.143. The average molecular weight is 348 g/mol. The van der Waals surface area contributed by atoms with Crippen molar-refractivity contribution in [2.45, 2.75) is 71.9 Å². The van der Waals surface area contributed by atoms with Gasteiger partial charge in [0, 0.05) is 48.5 Å². The van der Waals surface area contributed by atoms with Crippen molar-refractivity contribution in [2.24, 2.45) is 5.92 Å². The second-order valence-electron chi connectivity index (χ2n) is 8.16. The Hall–Kier alpha value is -1.27. The molecule has 0 saturated heterocycles. The molecule has 1 aliphatic heterocycles. The van der Waals surface area contributed by atoms with E-state index in [1.165, 1.54) is 16.3 Å². The highest BCUT2D eigenvalue weighted by atomic mass is 32.1. The Labute approximate surface area is 148 Å². The van der Waals surface area contributed by atoms with Gasteiger partial charge in [0.1, 0.15) is 11.6 Å². The molecule has 0 aromatic carbocycles. The molecule has 24 heavy (non-hydrogen) atoms. The molecule has 0 bridgehead atoms. The molecule has 1 atom stereocenters. The van der Waals surface area contributed by atoms with Gasteiger partial charge in [-0.15, -0.1) is 21.5 Å². The van der Waals surface area contributed by atoms with E-state index in [1.807, 2.05) is 17.5 Å². The van der Waals surface area contributed by atoms with Gasteiger partial charge in [0.05, 0.1) is 5.01 Å². The number of nitrogens with one attached hydrogen (secondary N) is 1. The van der Waals surface area contributed by atoms with Crippen molar-refractivity contribution in [1.29, 1.82) is 0 Å². The van der Waals surface area contributed by atoms with Crippen molar-refractivity contribution in [3.05, 3.63) is 27.7 Å². The Balaban J connectivity index is 1.53. The van der Waals surface area contributed by atoms with Crippen molar-refractivity contribution in [2.75, 3.05) is 6.54 Å². The standard InChI is InChI=1S/C18H29N5S/c1-12(2)16-22-21-15-7-6-13(11-23(15)16)8-19-9-14-10-20-17(24-14)18(3,4)5/h10,12-13,19H,6-9,11H2,1-5H3. The van der Waals surface area contributed by atoms with Crippen LogP contribution < -0.4 is 5.32 Å². The van der Waals surface area contributed by atoms with Gasteiger partial charge in [0.2, 0.25) is 0 Å². The summed E-state index contributed by atoms with van der Waals surface area (Å²) in [5.74, 6) is 3.38. The number of hydrogen-bond donors (Lipinski definition) is 1. The zero-order valence-electron chi connectivity index (χ0n) is 15.5. The third-order valence-corrected chi connectivity index (χ3v) is 5.94. The molecular formula is C18H29N5S. The first-order chi connectivity index (χ1) is 11.3. The van der Waals surface area contributed by atoms with Crippen molar-refractivity contribution >= 4 is 11.3 Å². The highest BCUT2D eigenvalue weighted by molar-refractivity contribution is 7.11. The molecule has 0 amide bonds. The largest absolute Gasteiger partial charge is 0.314 e. The lowest BCUT2D eigenvalue weighted by Crippen LogP contribution is -2.30. The fourth-order valence-electron chi connectivity index (χ4n) is 3.14. The second-order valence-corrected chi connectivity index (χ2v) is 9.27. The van der Waals surface area contributed by atoms with E-state index in [0.717, 1.165) is 37.7 Å². The SMILES string of the molecule is CC(C)c1nnc2n1CC(CNCc1cnc(C(C)(C)C)s1)CC2. The van der Waals surface area contributed by atoms with Crippen LogP contribution in [0.4, 0.5) is 0 Å². The molecule has 2 aromatic heterocycles. The molecule has 0 aliphatic carbocycles. The van der Waals surface area contributed by atoms with Crippen molar-refractivity contribution < 1.29 is 0 Å². The van der Waals surface area contributed by atoms with Crippen LogP contribution in [0.3, 0.4) is 0 Å². The molecule has 5 nitrogen and oxygen atoms in total. The molecule has 1 aliphatic rings. The van der Waals surface area contributed by atoms with Crippen LogP contribution in [0.15, 0.2) is 6.20 Å². The van der Waals surface area contributed by atoms with Gasteiger partial charge in [-0.3, -0.25) is 0 Å². The molecule has 1 N–H and O–H groups in total. The summed E-state index contributed by atoms with van der Waals surface area (Å²) in [6.45, 7) is 14.0. The second kappa shape index (κ2) is 6.92. The first-order valence-electron chi connectivity index (χ1n) is 8.92. The quantitative estimate of drug-likeness (QED) is 0.899. The molecule has 0 saturated carbocycles. The van der Waals surface area contributed by atoms with E-state index in [2.05, 4.69) is 59.7 Å². The molecule has 0 radical (unpaired) electrons. The number of thiazole rings is 1. The summed E-state index contributed by atoms with van der Waals surface area (Å²) in [5.41, 5.74) is 0.143. The van der Waals surface area contributed by atoms with Crippen LogP contribution in [-0.4, -0.2) is 26.3 Å². The van der Waals surface area contributed by atoms with Crippen LogP contribution in [0.5, 0.6) is 0 Å². The maximum atomic E-state index is 4.56. The van der Waals surface area contributed by atoms with E-state index < -0.39 is 0 Å². The predicted molar refractivity (Wildman–Crippen MR) is 98.4 cm³/mol. The van der Waals surface area contributed by atoms with Gasteiger partial charge in [-0.25, -0.2) is 4.98 Å². The van der Waals surface area contributed by atoms with Crippen LogP contribution in [0.1, 0.15) is 68.5 Å². The van der Waals surface area contributed by atoms with Crippen molar-refractivity contribution in [1.82, 2.24) is 25.1 Å². The monoisotopic (exact) mass is 347 g/mol. The molecule has 0 spiro atoms. The fourth-order valence-corrected chi connectivity index (χ4v) is 4.08. The third-order valence-electron chi connectivity index (χ3n) is 4.52. The Kier molecular flexibility index (Phi) is 5.06. The number of aromatic nitrogens is 4. The summed E-state index contributed by atoms with van der Waals surface area (Å²) in [6.07, 6.45) is 4.26. The lowest BCUT2D eigenvalue weighted by atomic mass is 9.98. The van der Waals surface area contributed by atoms with Gasteiger partial charge in [0.15, 0.2) is 0 Å². The minimum Gasteiger partial charge on any atom is -0.314 e. The van der Waals surface area contributed by atoms with E-state index >= 15 is 0 Å². The van der Waals surface area contributed by atoms with Crippen LogP contribution in [-0.2, 0) is 24.9 Å². The summed E-state index contributed by atoms with van der Waals surface area (Å²) in [5, 5.41) is 13.6. The summed E-state index contributed by atoms with van der Waals surface area (Å²) >= 11 is 1.82. The number of aryl methyl sites for hydroxylation is 1. The van der Waals surface area contributed by atoms with E-state index in [0.29, 0.717) is 11.8 Å². The molecule has 3 rings (SSSR count). The Morgan fingerprint density at radius 2 is 2.12 bits per heavy atom. The lowest BCUT2D eigenvalue weighted by Gasteiger charge is -2.25. The highest BCUT2D eigenvalue weighted by Gasteiger charge is 2.24. The molecular weight excluding hydrogens is 318 g/mol. The molecule has 132 valence electrons. The topological polar surface area (TPSA) is 55.6 Å². The molecule has 6 heteroatoms. The van der Waals surface area contributed by atoms with Gasteiger partial charge in [-0.1, -0.05) is 34.6 Å². The molecule has 3 heterocycles. The maximum absolute atomic E-state index is 4.56. The predicted octanol–water partition coefficient (Wildman–Crippen LogP) is 3.51. The Bertz CT molecular complexity index is 680. The lowest BCUT2D eigenvalue weighted by molar-refractivity contribution is 0.340. The summed E-state index contributed by atoms with van der Waals surface area (Å²) in [6, 6.07) is 0. The van der Waals surface area contributed by atoms with Gasteiger partial charge in [0.25, 0.3) is 0 Å². The first-order valence-corrected chi connectivity index (χ1v) is 9.74. The Morgan fingerprint density at radius 3 is 2.79 bits per heavy atom. The smallest absolute Gasteiger partial charge is 0.135 e. The normalized spacial score (nSPS) is 18.2. The zero-order valence-corrected chi connectivity index (χ0v) is 16.3. The number of hydrogen-bond acceptors (Lipinski definition) is 5. The number of rotatable bonds is 5. The van der Waals surface area contributed by atoms with Crippen LogP contribution in [0, 0.1) is 5.92 Å². The van der Waals surface area contributed by atoms with E-state index in [4.69, 9.17) is 0 Å². The van der Waals surface area contributed by atoms with Crippen molar-refractivity contribution in [3.63, 3.8) is 0 Å². The zero-order chi connectivity index (χ0) is 17.3. The Morgan fingerprint density at radius 1 is 1.33 bits per heavy atom. The van der Waals surface area contributed by atoms with E-state index in [1.54, 1.807) is 0 Å². The molecule has 2 aromatic rings. The summed E-state index contributed by atoms with van der Waals surface area (Å²) < 4.78 is 2.34. The van der Waals surface area contributed by atoms with Crippen LogP contribution in [0.2, 0.25) is 0 Å². The van der Waals surface area contributed by atoms with Crippen LogP contribution in [0.25, 0.3) is 0 Å². The first kappa shape index (κ1) is 17.5. The van der Waals surface area contributed by atoms with E-state index in [-0.39, 0.29) is 5.41 Å². The number of fused-ring (bicyclic) bond motifs is 1. The maximum Gasteiger partial charge on any atom is 0.135 e. The molecule has 1 unspecified atom stereocenters. The summed E-state index contributed by atoms with van der Waals surface area (Å²) in [7, 11) is 0. The highest BCUT2D eigenvalue weighted by Crippen LogP contribution is 2.27. The number of nitrogens with zero attached hydrogens (tertiary/aromatic N) is 4. The van der Waals surface area contributed by atoms with E-state index in [9.17, 15) is 0 Å². The third kappa shape index (κ3) is 3.86. The van der Waals surface area contributed by atoms with Gasteiger partial charge in [-0.05, 0) is 12.3 Å². The van der Waals surface area contributed by atoms with Crippen molar-refractivity contribution in [3.8, 4) is 0 Å². The van der Waals surface area contributed by atoms with Gasteiger partial charge >= 0.3 is 0 Å². The average Bonchev–Trinajstić information content (AvgIpc) is 3.12.